The molecule has 16 heavy (non-hydrogen) atoms. The summed E-state index contributed by atoms with van der Waals surface area (Å²) in [5.74, 6) is 0. The molecule has 1 aliphatic heterocycles. The molecule has 2 aliphatic rings. The normalized spacial score (nSPS) is 25.6. The summed E-state index contributed by atoms with van der Waals surface area (Å²) >= 11 is 0. The average molecular weight is 217 g/mol. The van der Waals surface area contributed by atoms with Gasteiger partial charge in [-0.2, -0.15) is 0 Å². The molecule has 0 radical (unpaired) electrons. The number of piperazine rings is 1. The highest BCUT2D eigenvalue weighted by Crippen LogP contribution is 2.50. The number of rotatable bonds is 2. The number of pyridine rings is 1. The molecule has 3 heteroatoms. The molecule has 0 aromatic carbocycles. The lowest BCUT2D eigenvalue weighted by molar-refractivity contribution is 0.0954. The number of hydrogen-bond donors (Lipinski definition) is 0. The first kappa shape index (κ1) is 10.2. The lowest BCUT2D eigenvalue weighted by atomic mass is 10.1. The molecule has 0 unspecified atom stereocenters. The van der Waals surface area contributed by atoms with Crippen LogP contribution in [-0.4, -0.2) is 48.0 Å². The lowest BCUT2D eigenvalue weighted by Gasteiger charge is -2.38. The fourth-order valence-corrected chi connectivity index (χ4v) is 2.73. The van der Waals surface area contributed by atoms with E-state index < -0.39 is 0 Å². The molecule has 1 saturated heterocycles. The Balaban J connectivity index is 1.79. The first-order valence-corrected chi connectivity index (χ1v) is 6.16. The summed E-state index contributed by atoms with van der Waals surface area (Å²) in [5, 5.41) is 0. The Morgan fingerprint density at radius 2 is 1.88 bits per heavy atom. The van der Waals surface area contributed by atoms with E-state index in [1.165, 1.54) is 44.7 Å². The molecule has 2 heterocycles. The highest BCUT2D eigenvalue weighted by atomic mass is 15.3. The second kappa shape index (κ2) is 3.82. The van der Waals surface area contributed by atoms with Crippen molar-refractivity contribution in [3.05, 3.63) is 30.1 Å². The van der Waals surface area contributed by atoms with Crippen LogP contribution in [0.3, 0.4) is 0 Å². The van der Waals surface area contributed by atoms with Crippen molar-refractivity contribution in [2.45, 2.75) is 18.4 Å². The molecule has 86 valence electrons. The molecule has 1 saturated carbocycles. The number of hydrogen-bond acceptors (Lipinski definition) is 3. The minimum absolute atomic E-state index is 0.294. The van der Waals surface area contributed by atoms with Gasteiger partial charge in [-0.05, 0) is 32.0 Å². The van der Waals surface area contributed by atoms with E-state index in [0.717, 1.165) is 0 Å². The van der Waals surface area contributed by atoms with Crippen LogP contribution in [0.1, 0.15) is 18.5 Å². The van der Waals surface area contributed by atoms with E-state index in [1.54, 1.807) is 0 Å². The molecule has 2 fully saturated rings. The molecule has 3 rings (SSSR count). The van der Waals surface area contributed by atoms with Crippen LogP contribution in [0, 0.1) is 0 Å². The molecule has 0 N–H and O–H groups in total. The number of aromatic nitrogens is 1. The van der Waals surface area contributed by atoms with Gasteiger partial charge in [-0.3, -0.25) is 9.88 Å². The number of likely N-dealkylation sites (N-methyl/N-ethyl adjacent to an activating group) is 1. The van der Waals surface area contributed by atoms with E-state index in [1.807, 2.05) is 12.3 Å². The molecule has 1 aromatic rings. The fraction of sp³-hybridized carbons (Fsp3) is 0.615. The van der Waals surface area contributed by atoms with E-state index in [9.17, 15) is 0 Å². The maximum absolute atomic E-state index is 4.55. The van der Waals surface area contributed by atoms with Gasteiger partial charge >= 0.3 is 0 Å². The van der Waals surface area contributed by atoms with E-state index in [4.69, 9.17) is 0 Å². The molecule has 0 bridgehead atoms. The highest BCUT2D eigenvalue weighted by molar-refractivity contribution is 5.23. The Morgan fingerprint density at radius 3 is 2.44 bits per heavy atom. The van der Waals surface area contributed by atoms with Crippen LogP contribution in [-0.2, 0) is 5.54 Å². The lowest BCUT2D eigenvalue weighted by Crippen LogP contribution is -2.49. The van der Waals surface area contributed by atoms with Crippen LogP contribution in [0.2, 0.25) is 0 Å². The summed E-state index contributed by atoms with van der Waals surface area (Å²) in [4.78, 5) is 9.59. The maximum Gasteiger partial charge on any atom is 0.0636 e. The fourth-order valence-electron chi connectivity index (χ4n) is 2.73. The average Bonchev–Trinajstić information content (AvgIpc) is 3.13. The molecular weight excluding hydrogens is 198 g/mol. The first-order chi connectivity index (χ1) is 7.81. The minimum atomic E-state index is 0.294. The van der Waals surface area contributed by atoms with Crippen molar-refractivity contribution in [1.82, 2.24) is 14.8 Å². The van der Waals surface area contributed by atoms with Gasteiger partial charge in [0, 0.05) is 32.4 Å². The van der Waals surface area contributed by atoms with Crippen molar-refractivity contribution in [2.75, 3.05) is 33.2 Å². The zero-order valence-electron chi connectivity index (χ0n) is 9.89. The third-order valence-corrected chi connectivity index (χ3v) is 3.97. The van der Waals surface area contributed by atoms with Crippen molar-refractivity contribution in [3.8, 4) is 0 Å². The van der Waals surface area contributed by atoms with E-state index in [0.29, 0.717) is 5.54 Å². The molecular formula is C13H19N3. The summed E-state index contributed by atoms with van der Waals surface area (Å²) in [6, 6.07) is 6.30. The van der Waals surface area contributed by atoms with Crippen molar-refractivity contribution >= 4 is 0 Å². The van der Waals surface area contributed by atoms with Crippen molar-refractivity contribution < 1.29 is 0 Å². The van der Waals surface area contributed by atoms with E-state index >= 15 is 0 Å². The van der Waals surface area contributed by atoms with Gasteiger partial charge in [0.2, 0.25) is 0 Å². The molecule has 1 aliphatic carbocycles. The molecule has 0 amide bonds. The van der Waals surface area contributed by atoms with Gasteiger partial charge in [0.05, 0.1) is 11.2 Å². The third-order valence-electron chi connectivity index (χ3n) is 3.97. The summed E-state index contributed by atoms with van der Waals surface area (Å²) in [5.41, 5.74) is 1.57. The predicted molar refractivity (Wildman–Crippen MR) is 64.2 cm³/mol. The summed E-state index contributed by atoms with van der Waals surface area (Å²) in [6.07, 6.45) is 4.49. The van der Waals surface area contributed by atoms with Crippen LogP contribution in [0.15, 0.2) is 24.4 Å². The van der Waals surface area contributed by atoms with Gasteiger partial charge in [0.15, 0.2) is 0 Å². The second-order valence-corrected chi connectivity index (χ2v) is 5.04. The van der Waals surface area contributed by atoms with Crippen LogP contribution in [0.4, 0.5) is 0 Å². The van der Waals surface area contributed by atoms with Gasteiger partial charge in [-0.15, -0.1) is 0 Å². The maximum atomic E-state index is 4.55. The summed E-state index contributed by atoms with van der Waals surface area (Å²) in [7, 11) is 2.21. The smallest absolute Gasteiger partial charge is 0.0636 e. The Bertz CT molecular complexity index is 351. The Labute approximate surface area is 97.1 Å². The van der Waals surface area contributed by atoms with Gasteiger partial charge < -0.3 is 4.90 Å². The Morgan fingerprint density at radius 1 is 1.12 bits per heavy atom. The molecule has 0 spiro atoms. The van der Waals surface area contributed by atoms with Gasteiger partial charge in [-0.25, -0.2) is 0 Å². The van der Waals surface area contributed by atoms with Crippen LogP contribution < -0.4 is 0 Å². The second-order valence-electron chi connectivity index (χ2n) is 5.04. The first-order valence-electron chi connectivity index (χ1n) is 6.16. The van der Waals surface area contributed by atoms with Gasteiger partial charge in [0.1, 0.15) is 0 Å². The molecule has 0 atom stereocenters. The summed E-state index contributed by atoms with van der Waals surface area (Å²) in [6.45, 7) is 4.75. The Hall–Kier alpha value is -0.930. The zero-order chi connectivity index (χ0) is 11.0. The van der Waals surface area contributed by atoms with Crippen molar-refractivity contribution in [2.24, 2.45) is 0 Å². The quantitative estimate of drug-likeness (QED) is 0.745. The topological polar surface area (TPSA) is 19.4 Å². The highest BCUT2D eigenvalue weighted by Gasteiger charge is 2.50. The zero-order valence-corrected chi connectivity index (χ0v) is 9.89. The third kappa shape index (κ3) is 1.64. The van der Waals surface area contributed by atoms with E-state index in [-0.39, 0.29) is 0 Å². The standard InChI is InChI=1S/C13H19N3/c1-15-8-10-16(11-9-15)13(5-6-13)12-4-2-3-7-14-12/h2-4,7H,5-6,8-11H2,1H3. The molecule has 3 nitrogen and oxygen atoms in total. The summed E-state index contributed by atoms with van der Waals surface area (Å²) < 4.78 is 0. The largest absolute Gasteiger partial charge is 0.304 e. The monoisotopic (exact) mass is 217 g/mol. The SMILES string of the molecule is CN1CCN(C2(c3ccccn3)CC2)CC1. The Kier molecular flexibility index (Phi) is 2.45. The predicted octanol–water partition coefficient (Wildman–Crippen LogP) is 1.32. The number of nitrogens with zero attached hydrogens (tertiary/aromatic N) is 3. The van der Waals surface area contributed by atoms with Crippen LogP contribution >= 0.6 is 0 Å². The molecule has 1 aromatic heterocycles. The minimum Gasteiger partial charge on any atom is -0.304 e. The van der Waals surface area contributed by atoms with Crippen LogP contribution in [0.25, 0.3) is 0 Å². The van der Waals surface area contributed by atoms with Gasteiger partial charge in [-0.1, -0.05) is 6.07 Å². The van der Waals surface area contributed by atoms with Gasteiger partial charge in [0.25, 0.3) is 0 Å². The van der Waals surface area contributed by atoms with E-state index in [2.05, 4.69) is 34.0 Å². The van der Waals surface area contributed by atoms with Crippen LogP contribution in [0.5, 0.6) is 0 Å². The van der Waals surface area contributed by atoms with Crippen molar-refractivity contribution in [3.63, 3.8) is 0 Å². The van der Waals surface area contributed by atoms with Crippen molar-refractivity contribution in [1.29, 1.82) is 0 Å².